The number of nitro groups is 1. The van der Waals surface area contributed by atoms with Gasteiger partial charge in [-0.05, 0) is 40.0 Å². The molecule has 0 aliphatic heterocycles. The van der Waals surface area contributed by atoms with Crippen LogP contribution in [0.2, 0.25) is 0 Å². The summed E-state index contributed by atoms with van der Waals surface area (Å²) in [6.45, 7) is 2.19. The van der Waals surface area contributed by atoms with E-state index in [1.165, 1.54) is 12.4 Å². The number of benzene rings is 1. The molecule has 0 atom stereocenters. The normalized spacial score (nSPS) is 10.1. The van der Waals surface area contributed by atoms with Crippen molar-refractivity contribution in [3.8, 4) is 6.07 Å². The number of rotatable bonds is 3. The number of hydrogen-bond donors (Lipinski definition) is 0. The molecule has 0 saturated heterocycles. The van der Waals surface area contributed by atoms with Crippen molar-refractivity contribution < 1.29 is 4.92 Å². The zero-order valence-electron chi connectivity index (χ0n) is 11.0. The predicted octanol–water partition coefficient (Wildman–Crippen LogP) is 2.75. The molecule has 2 rings (SSSR count). The minimum Gasteiger partial charge on any atom is -0.342 e. The summed E-state index contributed by atoms with van der Waals surface area (Å²) in [5.41, 5.74) is 1.19. The average molecular weight is 348 g/mol. The molecule has 0 fully saturated rings. The lowest BCUT2D eigenvalue weighted by Crippen LogP contribution is -2.13. The minimum absolute atomic E-state index is 0.141. The average Bonchev–Trinajstić information content (AvgIpc) is 2.42. The molecular formula is C14H10BrN3O3. The first-order chi connectivity index (χ1) is 9.92. The molecule has 7 heteroatoms. The first-order valence-corrected chi connectivity index (χ1v) is 6.75. The van der Waals surface area contributed by atoms with Gasteiger partial charge in [-0.2, -0.15) is 5.26 Å². The van der Waals surface area contributed by atoms with Crippen LogP contribution < -0.4 is 5.43 Å². The number of halogens is 1. The molecule has 0 spiro atoms. The van der Waals surface area contributed by atoms with E-state index >= 15 is 0 Å². The Kier molecular flexibility index (Phi) is 4.19. The largest absolute Gasteiger partial charge is 0.342 e. The number of hydrogen-bond acceptors (Lipinski definition) is 4. The summed E-state index contributed by atoms with van der Waals surface area (Å²) >= 11 is 3.04. The number of nitrogens with zero attached hydrogens (tertiary/aromatic N) is 3. The Morgan fingerprint density at radius 3 is 2.71 bits per heavy atom. The van der Waals surface area contributed by atoms with Crippen LogP contribution in [0.1, 0.15) is 16.7 Å². The Hall–Kier alpha value is -2.46. The van der Waals surface area contributed by atoms with E-state index in [0.717, 1.165) is 11.1 Å². The van der Waals surface area contributed by atoms with E-state index in [2.05, 4.69) is 22.0 Å². The van der Waals surface area contributed by atoms with Crippen LogP contribution >= 0.6 is 15.9 Å². The summed E-state index contributed by atoms with van der Waals surface area (Å²) in [4.78, 5) is 21.8. The lowest BCUT2D eigenvalue weighted by atomic mass is 10.1. The Bertz CT molecular complexity index is 821. The second-order valence-electron chi connectivity index (χ2n) is 4.51. The lowest BCUT2D eigenvalue weighted by Gasteiger charge is -2.08. The summed E-state index contributed by atoms with van der Waals surface area (Å²) in [5.74, 6) is 0. The van der Waals surface area contributed by atoms with Crippen LogP contribution in [0.4, 0.5) is 5.69 Å². The molecule has 106 valence electrons. The summed E-state index contributed by atoms with van der Waals surface area (Å²) < 4.78 is 1.70. The van der Waals surface area contributed by atoms with Gasteiger partial charge in [-0.1, -0.05) is 12.1 Å². The van der Waals surface area contributed by atoms with E-state index in [-0.39, 0.29) is 4.47 Å². The zero-order chi connectivity index (χ0) is 15.6. The van der Waals surface area contributed by atoms with Gasteiger partial charge < -0.3 is 4.57 Å². The number of aromatic nitrogens is 1. The van der Waals surface area contributed by atoms with E-state index < -0.39 is 16.0 Å². The Labute approximate surface area is 128 Å². The van der Waals surface area contributed by atoms with Gasteiger partial charge in [0.05, 0.1) is 27.2 Å². The lowest BCUT2D eigenvalue weighted by molar-refractivity contribution is -0.386. The molecule has 2 aromatic rings. The molecule has 21 heavy (non-hydrogen) atoms. The summed E-state index contributed by atoms with van der Waals surface area (Å²) in [5, 5.41) is 19.7. The number of aryl methyl sites for hydroxylation is 1. The SMILES string of the molecule is Cc1cc(Cn2cc(Br)c(=O)c([N+](=O)[O-])c2)ccc1C#N. The Morgan fingerprint density at radius 2 is 2.14 bits per heavy atom. The fraction of sp³-hybridized carbons (Fsp3) is 0.143. The predicted molar refractivity (Wildman–Crippen MR) is 80.1 cm³/mol. The highest BCUT2D eigenvalue weighted by Crippen LogP contribution is 2.15. The van der Waals surface area contributed by atoms with Crippen molar-refractivity contribution in [1.29, 1.82) is 5.26 Å². The molecule has 0 N–H and O–H groups in total. The fourth-order valence-corrected chi connectivity index (χ4v) is 2.43. The molecule has 0 bridgehead atoms. The van der Waals surface area contributed by atoms with Crippen LogP contribution in [0.5, 0.6) is 0 Å². The van der Waals surface area contributed by atoms with Gasteiger partial charge in [0.2, 0.25) is 0 Å². The van der Waals surface area contributed by atoms with Crippen LogP contribution in [0.25, 0.3) is 0 Å². The minimum atomic E-state index is -0.701. The van der Waals surface area contributed by atoms with Gasteiger partial charge in [0.1, 0.15) is 0 Å². The second kappa shape index (κ2) is 5.89. The van der Waals surface area contributed by atoms with Crippen LogP contribution in [0.15, 0.2) is 39.9 Å². The molecular weight excluding hydrogens is 338 g/mol. The van der Waals surface area contributed by atoms with E-state index in [0.29, 0.717) is 12.1 Å². The second-order valence-corrected chi connectivity index (χ2v) is 5.37. The first-order valence-electron chi connectivity index (χ1n) is 5.96. The van der Waals surface area contributed by atoms with E-state index in [4.69, 9.17) is 5.26 Å². The van der Waals surface area contributed by atoms with Gasteiger partial charge in [0, 0.05) is 12.7 Å². The highest BCUT2D eigenvalue weighted by atomic mass is 79.9. The van der Waals surface area contributed by atoms with Crippen molar-refractivity contribution in [2.24, 2.45) is 0 Å². The third-order valence-electron chi connectivity index (χ3n) is 2.99. The van der Waals surface area contributed by atoms with Crippen LogP contribution in [0.3, 0.4) is 0 Å². The molecule has 1 aromatic heterocycles. The van der Waals surface area contributed by atoms with Gasteiger partial charge in [-0.3, -0.25) is 14.9 Å². The highest BCUT2D eigenvalue weighted by molar-refractivity contribution is 9.10. The molecule has 0 unspecified atom stereocenters. The van der Waals surface area contributed by atoms with Gasteiger partial charge in [-0.25, -0.2) is 0 Å². The number of nitriles is 1. The molecule has 0 saturated carbocycles. The van der Waals surface area contributed by atoms with E-state index in [1.807, 2.05) is 13.0 Å². The zero-order valence-corrected chi connectivity index (χ0v) is 12.6. The van der Waals surface area contributed by atoms with E-state index in [1.54, 1.807) is 16.7 Å². The molecule has 0 aliphatic carbocycles. The molecule has 1 aromatic carbocycles. The van der Waals surface area contributed by atoms with Crippen LogP contribution in [-0.4, -0.2) is 9.49 Å². The van der Waals surface area contributed by atoms with Gasteiger partial charge >= 0.3 is 5.69 Å². The van der Waals surface area contributed by atoms with Crippen molar-refractivity contribution >= 4 is 21.6 Å². The summed E-state index contributed by atoms with van der Waals surface area (Å²) in [6.07, 6.45) is 2.71. The van der Waals surface area contributed by atoms with Crippen molar-refractivity contribution in [1.82, 2.24) is 4.57 Å². The molecule has 0 aliphatic rings. The first kappa shape index (κ1) is 14.9. The van der Waals surface area contributed by atoms with Crippen molar-refractivity contribution in [2.75, 3.05) is 0 Å². The van der Waals surface area contributed by atoms with Gasteiger partial charge in [-0.15, -0.1) is 0 Å². The van der Waals surface area contributed by atoms with Crippen LogP contribution in [0, 0.1) is 28.4 Å². The summed E-state index contributed by atoms with van der Waals surface area (Å²) in [6, 6.07) is 7.41. The maximum atomic E-state index is 11.6. The van der Waals surface area contributed by atoms with Gasteiger partial charge in [0.15, 0.2) is 0 Å². The molecule has 0 radical (unpaired) electrons. The van der Waals surface area contributed by atoms with Crippen molar-refractivity contribution in [3.63, 3.8) is 0 Å². The van der Waals surface area contributed by atoms with Crippen molar-refractivity contribution in [2.45, 2.75) is 13.5 Å². The molecule has 0 amide bonds. The van der Waals surface area contributed by atoms with E-state index in [9.17, 15) is 14.9 Å². The fourth-order valence-electron chi connectivity index (χ4n) is 1.96. The standard InChI is InChI=1S/C14H10BrN3O3/c1-9-4-10(2-3-11(9)5-16)6-17-7-12(15)14(19)13(8-17)18(20)21/h2-4,7-8H,6H2,1H3. The maximum absolute atomic E-state index is 11.6. The monoisotopic (exact) mass is 347 g/mol. The third kappa shape index (κ3) is 3.17. The maximum Gasteiger partial charge on any atom is 0.333 e. The smallest absolute Gasteiger partial charge is 0.333 e. The van der Waals surface area contributed by atoms with Crippen molar-refractivity contribution in [3.05, 3.63) is 72.1 Å². The Morgan fingerprint density at radius 1 is 1.43 bits per heavy atom. The van der Waals surface area contributed by atoms with Crippen LogP contribution in [-0.2, 0) is 6.54 Å². The highest BCUT2D eigenvalue weighted by Gasteiger charge is 2.15. The number of pyridine rings is 1. The topological polar surface area (TPSA) is 88.9 Å². The molecule has 6 nitrogen and oxygen atoms in total. The summed E-state index contributed by atoms with van der Waals surface area (Å²) in [7, 11) is 0. The third-order valence-corrected chi connectivity index (χ3v) is 3.55. The Balaban J connectivity index is 2.41. The quantitative estimate of drug-likeness (QED) is 0.630. The van der Waals surface area contributed by atoms with Gasteiger partial charge in [0.25, 0.3) is 5.43 Å². The molecule has 1 heterocycles.